The topological polar surface area (TPSA) is 216 Å². The number of hydrogen-bond acceptors (Lipinski definition) is 9. The van der Waals surface area contributed by atoms with E-state index in [1.54, 1.807) is 7.05 Å². The Morgan fingerprint density at radius 3 is 1.53 bits per heavy atom. The molecule has 0 unspecified atom stereocenters. The van der Waals surface area contributed by atoms with E-state index in [1.807, 2.05) is 0 Å². The van der Waals surface area contributed by atoms with Gasteiger partial charge in [-0.3, -0.25) is 14.9 Å². The molecule has 1 heterocycles. The van der Waals surface area contributed by atoms with Gasteiger partial charge in [0.05, 0.1) is 9.79 Å². The third-order valence-electron chi connectivity index (χ3n) is 4.34. The number of anilines is 3. The molecule has 2 aromatic carbocycles. The highest BCUT2D eigenvalue weighted by Crippen LogP contribution is 2.17. The average molecular weight is 506 g/mol. The van der Waals surface area contributed by atoms with Crippen LogP contribution >= 0.6 is 0 Å². The van der Waals surface area contributed by atoms with Crippen LogP contribution in [0.5, 0.6) is 0 Å². The zero-order chi connectivity index (χ0) is 25.1. The van der Waals surface area contributed by atoms with Crippen molar-refractivity contribution in [3.63, 3.8) is 0 Å². The van der Waals surface area contributed by atoms with E-state index in [0.29, 0.717) is 0 Å². The van der Waals surface area contributed by atoms with Crippen molar-refractivity contribution in [3.8, 4) is 0 Å². The van der Waals surface area contributed by atoms with Crippen molar-refractivity contribution < 1.29 is 26.4 Å². The summed E-state index contributed by atoms with van der Waals surface area (Å²) < 4.78 is 45.4. The third kappa shape index (κ3) is 6.10. The molecule has 15 heteroatoms. The number of nitrogens with two attached hydrogens (primary N) is 2. The Kier molecular flexibility index (Phi) is 6.92. The summed E-state index contributed by atoms with van der Waals surface area (Å²) >= 11 is 0. The number of nitrogens with zero attached hydrogens (tertiary/aromatic N) is 2. The van der Waals surface area contributed by atoms with Crippen LogP contribution in [0.3, 0.4) is 0 Å². The second-order valence-corrected chi connectivity index (χ2v) is 9.88. The summed E-state index contributed by atoms with van der Waals surface area (Å²) in [5, 5.41) is 17.8. The molecule has 13 nitrogen and oxygen atoms in total. The summed E-state index contributed by atoms with van der Waals surface area (Å²) in [5.74, 6) is -1.07. The van der Waals surface area contributed by atoms with E-state index in [9.17, 15) is 26.4 Å². The Morgan fingerprint density at radius 2 is 1.12 bits per heavy atom. The average Bonchev–Trinajstić information content (AvgIpc) is 2.77. The van der Waals surface area contributed by atoms with E-state index in [4.69, 9.17) is 10.3 Å². The van der Waals surface area contributed by atoms with E-state index in [0.717, 1.165) is 0 Å². The highest BCUT2D eigenvalue weighted by Gasteiger charge is 2.15. The lowest BCUT2D eigenvalue weighted by Gasteiger charge is -2.10. The number of rotatable bonds is 7. The first-order chi connectivity index (χ1) is 15.9. The van der Waals surface area contributed by atoms with Crippen LogP contribution in [0.1, 0.15) is 20.7 Å². The lowest BCUT2D eigenvalue weighted by Crippen LogP contribution is -2.18. The number of carbonyl (C=O) groups excluding carboxylic acids is 2. The molecule has 3 rings (SSSR count). The molecule has 0 aliphatic carbocycles. The predicted octanol–water partition coefficient (Wildman–Crippen LogP) is 0.318. The number of carbonyl (C=O) groups is 2. The summed E-state index contributed by atoms with van der Waals surface area (Å²) in [4.78, 5) is 32.9. The molecule has 178 valence electrons. The minimum absolute atomic E-state index is 0.0414. The molecule has 0 fully saturated rings. The van der Waals surface area contributed by atoms with Crippen molar-refractivity contribution in [1.82, 2.24) is 9.97 Å². The van der Waals surface area contributed by atoms with Crippen LogP contribution in [-0.2, 0) is 20.0 Å². The van der Waals surface area contributed by atoms with Gasteiger partial charge in [-0.15, -0.1) is 0 Å². The van der Waals surface area contributed by atoms with Crippen LogP contribution in [0.4, 0.5) is 17.6 Å². The number of primary sulfonamides is 2. The number of aromatic nitrogens is 2. The Bertz CT molecular complexity index is 1350. The normalized spacial score (nSPS) is 11.5. The molecule has 0 aliphatic heterocycles. The highest BCUT2D eigenvalue weighted by atomic mass is 32.2. The van der Waals surface area contributed by atoms with Gasteiger partial charge in [-0.05, 0) is 48.5 Å². The zero-order valence-electron chi connectivity index (χ0n) is 17.5. The fourth-order valence-corrected chi connectivity index (χ4v) is 3.68. The predicted molar refractivity (Wildman–Crippen MR) is 123 cm³/mol. The van der Waals surface area contributed by atoms with Gasteiger partial charge in [0.25, 0.3) is 11.8 Å². The quantitative estimate of drug-likeness (QED) is 0.298. The maximum atomic E-state index is 12.5. The lowest BCUT2D eigenvalue weighted by molar-refractivity contribution is 0.101. The van der Waals surface area contributed by atoms with Gasteiger partial charge >= 0.3 is 0 Å². The van der Waals surface area contributed by atoms with Crippen molar-refractivity contribution in [2.45, 2.75) is 9.79 Å². The van der Waals surface area contributed by atoms with E-state index < -0.39 is 31.9 Å². The van der Waals surface area contributed by atoms with E-state index in [-0.39, 0.29) is 38.5 Å². The summed E-state index contributed by atoms with van der Waals surface area (Å²) in [6.45, 7) is 0. The minimum Gasteiger partial charge on any atom is -0.373 e. The van der Waals surface area contributed by atoms with Crippen molar-refractivity contribution in [2.75, 3.05) is 23.0 Å². The minimum atomic E-state index is -3.90. The van der Waals surface area contributed by atoms with Gasteiger partial charge in [0.15, 0.2) is 0 Å². The Morgan fingerprint density at radius 1 is 0.706 bits per heavy atom. The lowest BCUT2D eigenvalue weighted by atomic mass is 10.2. The van der Waals surface area contributed by atoms with Gasteiger partial charge in [-0.1, -0.05) is 0 Å². The molecule has 0 aliphatic rings. The summed E-state index contributed by atoms with van der Waals surface area (Å²) in [6, 6.07) is 11.3. The Hall–Kier alpha value is -3.92. The highest BCUT2D eigenvalue weighted by molar-refractivity contribution is 7.89. The molecule has 0 spiro atoms. The molecule has 3 aromatic rings. The molecule has 7 N–H and O–H groups in total. The molecular weight excluding hydrogens is 486 g/mol. The zero-order valence-corrected chi connectivity index (χ0v) is 19.1. The number of nitrogens with one attached hydrogen (secondary N) is 3. The maximum absolute atomic E-state index is 12.5. The molecule has 34 heavy (non-hydrogen) atoms. The first kappa shape index (κ1) is 24.7. The molecule has 0 saturated carbocycles. The van der Waals surface area contributed by atoms with Gasteiger partial charge in [0.1, 0.15) is 11.6 Å². The van der Waals surface area contributed by atoms with Crippen molar-refractivity contribution in [1.29, 1.82) is 0 Å². The first-order valence-electron chi connectivity index (χ1n) is 9.32. The van der Waals surface area contributed by atoms with Gasteiger partial charge in [0, 0.05) is 24.2 Å². The van der Waals surface area contributed by atoms with Crippen molar-refractivity contribution >= 4 is 49.4 Å². The second kappa shape index (κ2) is 9.52. The number of hydrogen-bond donors (Lipinski definition) is 5. The van der Waals surface area contributed by atoms with Crippen molar-refractivity contribution in [2.24, 2.45) is 10.3 Å². The second-order valence-electron chi connectivity index (χ2n) is 6.76. The van der Waals surface area contributed by atoms with Crippen LogP contribution in [0.2, 0.25) is 0 Å². The van der Waals surface area contributed by atoms with Gasteiger partial charge in [-0.2, -0.15) is 9.97 Å². The number of benzene rings is 2. The van der Waals surface area contributed by atoms with Gasteiger partial charge < -0.3 is 10.6 Å². The van der Waals surface area contributed by atoms with Crippen molar-refractivity contribution in [3.05, 3.63) is 65.7 Å². The molecule has 0 radical (unpaired) electrons. The molecule has 0 atom stereocenters. The van der Waals surface area contributed by atoms with Gasteiger partial charge in [-0.25, -0.2) is 27.1 Å². The Labute approximate surface area is 194 Å². The number of sulfonamides is 2. The smallest absolute Gasteiger partial charge is 0.258 e. The van der Waals surface area contributed by atoms with Crippen LogP contribution in [0.25, 0.3) is 0 Å². The summed E-state index contributed by atoms with van der Waals surface area (Å²) in [6.07, 6.45) is 0. The summed E-state index contributed by atoms with van der Waals surface area (Å²) in [7, 11) is -6.24. The molecule has 2 amide bonds. The standard InChI is InChI=1S/C19H19N7O6S2/c1-22-15-10-16(23-17(27)11-2-6-13(7-3-11)33(20,29)30)25-19(24-15)26-18(28)12-4-8-14(9-5-12)34(21,31)32/h2-10H,1H3,(H2,20,29,30)(H2,21,31,32)(H3,22,23,24,25,26,27,28). The largest absolute Gasteiger partial charge is 0.373 e. The maximum Gasteiger partial charge on any atom is 0.258 e. The van der Waals surface area contributed by atoms with Crippen LogP contribution < -0.4 is 26.2 Å². The molecule has 1 aromatic heterocycles. The molecule has 0 saturated heterocycles. The van der Waals surface area contributed by atoms with E-state index in [1.165, 1.54) is 54.6 Å². The monoisotopic (exact) mass is 505 g/mol. The Balaban J connectivity index is 1.79. The molecule has 0 bridgehead atoms. The summed E-state index contributed by atoms with van der Waals surface area (Å²) in [5.41, 5.74) is 0.254. The SMILES string of the molecule is CNc1cc(NC(=O)c2ccc(S(N)(=O)=O)cc2)nc(NC(=O)c2ccc(S(N)(=O)=O)cc2)n1. The molecular formula is C19H19N7O6S2. The first-order valence-corrected chi connectivity index (χ1v) is 12.4. The van der Waals surface area contributed by atoms with Gasteiger partial charge in [0.2, 0.25) is 26.0 Å². The fraction of sp³-hybridized carbons (Fsp3) is 0.0526. The van der Waals surface area contributed by atoms with Crippen LogP contribution in [-0.4, -0.2) is 45.7 Å². The van der Waals surface area contributed by atoms with E-state index >= 15 is 0 Å². The number of amides is 2. The van der Waals surface area contributed by atoms with Crippen LogP contribution in [0, 0.1) is 0 Å². The third-order valence-corrected chi connectivity index (χ3v) is 6.20. The van der Waals surface area contributed by atoms with Crippen LogP contribution in [0.15, 0.2) is 64.4 Å². The fourth-order valence-electron chi connectivity index (χ4n) is 2.65. The van der Waals surface area contributed by atoms with E-state index in [2.05, 4.69) is 25.9 Å².